The zero-order valence-electron chi connectivity index (χ0n) is 17.3. The average molecular weight is 419 g/mol. The predicted octanol–water partition coefficient (Wildman–Crippen LogP) is 3.09. The maximum atomic E-state index is 14.6. The zero-order chi connectivity index (χ0) is 21.5. The highest BCUT2D eigenvalue weighted by atomic mass is 19.1. The molecule has 0 aliphatic carbocycles. The lowest BCUT2D eigenvalue weighted by Gasteiger charge is -2.18. The van der Waals surface area contributed by atoms with Gasteiger partial charge in [0.2, 0.25) is 5.95 Å². The third-order valence-electron chi connectivity index (χ3n) is 5.44. The van der Waals surface area contributed by atoms with E-state index in [2.05, 4.69) is 37.7 Å². The highest BCUT2D eigenvalue weighted by Crippen LogP contribution is 2.24. The molecule has 0 saturated carbocycles. The van der Waals surface area contributed by atoms with Crippen LogP contribution in [0, 0.1) is 5.82 Å². The van der Waals surface area contributed by atoms with Crippen LogP contribution in [0.3, 0.4) is 0 Å². The minimum Gasteiger partial charge on any atom is -0.324 e. The molecular formula is C22H22FN7O. The van der Waals surface area contributed by atoms with E-state index in [0.29, 0.717) is 17.0 Å². The molecule has 3 aromatic heterocycles. The third-order valence-corrected chi connectivity index (χ3v) is 5.44. The molecule has 0 radical (unpaired) electrons. The van der Waals surface area contributed by atoms with Gasteiger partial charge in [-0.25, -0.2) is 18.7 Å². The molecular weight excluding hydrogens is 397 g/mol. The molecule has 0 atom stereocenters. The average Bonchev–Trinajstić information content (AvgIpc) is 3.06. The summed E-state index contributed by atoms with van der Waals surface area (Å²) in [6.07, 6.45) is 5.10. The molecule has 0 fully saturated rings. The number of hydrogen-bond acceptors (Lipinski definition) is 6. The minimum absolute atomic E-state index is 0.209. The van der Waals surface area contributed by atoms with Crippen molar-refractivity contribution in [3.63, 3.8) is 0 Å². The summed E-state index contributed by atoms with van der Waals surface area (Å²) in [6, 6.07) is 7.49. The van der Waals surface area contributed by atoms with E-state index in [1.54, 1.807) is 0 Å². The van der Waals surface area contributed by atoms with Crippen LogP contribution in [0.25, 0.3) is 16.7 Å². The summed E-state index contributed by atoms with van der Waals surface area (Å²) in [5.74, 6) is -0.204. The lowest BCUT2D eigenvalue weighted by atomic mass is 10.0. The van der Waals surface area contributed by atoms with Gasteiger partial charge >= 0.3 is 0 Å². The van der Waals surface area contributed by atoms with Crippen LogP contribution in [0.2, 0.25) is 0 Å². The molecule has 31 heavy (non-hydrogen) atoms. The van der Waals surface area contributed by atoms with Crippen molar-refractivity contribution < 1.29 is 4.39 Å². The van der Waals surface area contributed by atoms with Crippen LogP contribution in [0.5, 0.6) is 0 Å². The molecule has 9 heteroatoms. The molecule has 2 N–H and O–H groups in total. The van der Waals surface area contributed by atoms with Crippen molar-refractivity contribution in [3.8, 4) is 5.69 Å². The number of nitrogens with zero attached hydrogens (tertiary/aromatic N) is 5. The summed E-state index contributed by atoms with van der Waals surface area (Å²) >= 11 is 0. The number of hydrogen-bond donors (Lipinski definition) is 2. The Morgan fingerprint density at radius 3 is 2.87 bits per heavy atom. The van der Waals surface area contributed by atoms with E-state index >= 15 is 0 Å². The van der Waals surface area contributed by atoms with Crippen molar-refractivity contribution in [2.45, 2.75) is 32.9 Å². The monoisotopic (exact) mass is 419 g/mol. The lowest BCUT2D eigenvalue weighted by Crippen LogP contribution is -2.24. The van der Waals surface area contributed by atoms with Crippen molar-refractivity contribution in [1.29, 1.82) is 0 Å². The number of aromatic nitrogens is 5. The van der Waals surface area contributed by atoms with E-state index in [9.17, 15) is 9.18 Å². The van der Waals surface area contributed by atoms with Crippen molar-refractivity contribution in [3.05, 3.63) is 70.2 Å². The highest BCUT2D eigenvalue weighted by Gasteiger charge is 2.21. The molecule has 4 aromatic rings. The van der Waals surface area contributed by atoms with Crippen LogP contribution >= 0.6 is 0 Å². The van der Waals surface area contributed by atoms with Gasteiger partial charge in [-0.3, -0.25) is 9.78 Å². The Labute approximate surface area is 177 Å². The molecule has 1 aromatic carbocycles. The molecule has 0 amide bonds. The number of rotatable bonds is 4. The van der Waals surface area contributed by atoms with Crippen LogP contribution in [-0.4, -0.2) is 30.9 Å². The molecule has 1 aliphatic heterocycles. The first-order valence-electron chi connectivity index (χ1n) is 10.2. The zero-order valence-corrected chi connectivity index (χ0v) is 17.3. The number of anilines is 2. The van der Waals surface area contributed by atoms with E-state index in [4.69, 9.17) is 0 Å². The molecule has 158 valence electrons. The van der Waals surface area contributed by atoms with E-state index in [1.807, 2.05) is 19.9 Å². The van der Waals surface area contributed by atoms with Gasteiger partial charge < -0.3 is 10.6 Å². The van der Waals surface area contributed by atoms with Crippen molar-refractivity contribution in [2.24, 2.45) is 0 Å². The van der Waals surface area contributed by atoms with Crippen LogP contribution < -0.4 is 16.2 Å². The topological polar surface area (TPSA) is 89.7 Å². The van der Waals surface area contributed by atoms with Gasteiger partial charge in [-0.1, -0.05) is 6.07 Å². The van der Waals surface area contributed by atoms with Gasteiger partial charge in [0.1, 0.15) is 11.1 Å². The second-order valence-electron chi connectivity index (χ2n) is 7.85. The lowest BCUT2D eigenvalue weighted by molar-refractivity contribution is 0.465. The Balaban J connectivity index is 1.63. The molecule has 0 bridgehead atoms. The molecule has 5 rings (SSSR count). The molecule has 0 saturated heterocycles. The summed E-state index contributed by atoms with van der Waals surface area (Å²) in [4.78, 5) is 25.7. The fourth-order valence-electron chi connectivity index (χ4n) is 3.98. The molecule has 0 unspecified atom stereocenters. The Bertz CT molecular complexity index is 1340. The Morgan fingerprint density at radius 2 is 2.06 bits per heavy atom. The number of pyridine rings is 1. The summed E-state index contributed by atoms with van der Waals surface area (Å²) in [5, 5.41) is 6.91. The van der Waals surface area contributed by atoms with Gasteiger partial charge in [-0.05, 0) is 56.1 Å². The first kappa shape index (κ1) is 19.4. The Hall–Kier alpha value is -3.59. The van der Waals surface area contributed by atoms with Crippen LogP contribution in [0.4, 0.5) is 16.0 Å². The van der Waals surface area contributed by atoms with E-state index in [0.717, 1.165) is 31.4 Å². The summed E-state index contributed by atoms with van der Waals surface area (Å²) < 4.78 is 17.6. The van der Waals surface area contributed by atoms with E-state index in [1.165, 1.54) is 39.0 Å². The maximum Gasteiger partial charge on any atom is 0.278 e. The second kappa shape index (κ2) is 7.59. The van der Waals surface area contributed by atoms with E-state index in [-0.39, 0.29) is 17.3 Å². The number of benzene rings is 1. The largest absolute Gasteiger partial charge is 0.324 e. The van der Waals surface area contributed by atoms with Gasteiger partial charge in [0.05, 0.1) is 6.20 Å². The predicted molar refractivity (Wildman–Crippen MR) is 116 cm³/mol. The molecule has 0 spiro atoms. The normalized spacial score (nSPS) is 13.5. The Morgan fingerprint density at radius 1 is 1.19 bits per heavy atom. The van der Waals surface area contributed by atoms with Gasteiger partial charge in [0.25, 0.3) is 5.56 Å². The van der Waals surface area contributed by atoms with Crippen LogP contribution in [0.15, 0.2) is 47.7 Å². The summed E-state index contributed by atoms with van der Waals surface area (Å²) in [6.45, 7) is 5.53. The SMILES string of the molecule is CC(C)n1c(=O)c2cnc(Nc3ccc4c(c3)CNCC4)nc2n1-c1ccncc1F. The standard InChI is InChI=1S/C22H22FN7O/c1-13(2)29-21(31)17-11-26-22(27-16-4-3-14-5-7-24-10-15(14)9-16)28-20(17)30(29)19-6-8-25-12-18(19)23/h3-4,6,8-9,11-13,24H,5,7,10H2,1-2H3,(H,26,27,28). The quantitative estimate of drug-likeness (QED) is 0.528. The second-order valence-corrected chi connectivity index (χ2v) is 7.85. The van der Waals surface area contributed by atoms with Crippen molar-refractivity contribution >= 4 is 22.7 Å². The van der Waals surface area contributed by atoms with E-state index < -0.39 is 5.82 Å². The third kappa shape index (κ3) is 3.36. The van der Waals surface area contributed by atoms with Crippen LogP contribution in [0.1, 0.15) is 31.0 Å². The number of nitrogens with one attached hydrogen (secondary N) is 2. The van der Waals surface area contributed by atoms with Crippen molar-refractivity contribution in [2.75, 3.05) is 11.9 Å². The van der Waals surface area contributed by atoms with Gasteiger partial charge in [-0.15, -0.1) is 0 Å². The summed E-state index contributed by atoms with van der Waals surface area (Å²) in [7, 11) is 0. The smallest absolute Gasteiger partial charge is 0.278 e. The van der Waals surface area contributed by atoms with Crippen molar-refractivity contribution in [1.82, 2.24) is 29.6 Å². The molecule has 8 nitrogen and oxygen atoms in total. The van der Waals surface area contributed by atoms with Gasteiger partial charge in [-0.2, -0.15) is 4.98 Å². The fraction of sp³-hybridized carbons (Fsp3) is 0.273. The molecule has 1 aliphatic rings. The molecule has 4 heterocycles. The number of fused-ring (bicyclic) bond motifs is 2. The highest BCUT2D eigenvalue weighted by molar-refractivity contribution is 5.77. The maximum absolute atomic E-state index is 14.6. The minimum atomic E-state index is -0.538. The Kier molecular flexibility index (Phi) is 4.74. The first-order chi connectivity index (χ1) is 15.0. The van der Waals surface area contributed by atoms with Gasteiger partial charge in [0.15, 0.2) is 11.5 Å². The van der Waals surface area contributed by atoms with Gasteiger partial charge in [0, 0.05) is 30.7 Å². The fourth-order valence-corrected chi connectivity index (χ4v) is 3.98. The summed E-state index contributed by atoms with van der Waals surface area (Å²) in [5.41, 5.74) is 3.69. The first-order valence-corrected chi connectivity index (χ1v) is 10.2. The number of halogens is 1. The van der Waals surface area contributed by atoms with Crippen LogP contribution in [-0.2, 0) is 13.0 Å².